The maximum Gasteiger partial charge on any atom is 0.261 e. The molecule has 2 aromatic rings. The van der Waals surface area contributed by atoms with Gasteiger partial charge in [0.1, 0.15) is 0 Å². The molecule has 0 unspecified atom stereocenters. The Hall–Kier alpha value is -3.15. The molecular weight excluding hydrogens is 402 g/mol. The van der Waals surface area contributed by atoms with E-state index in [1.165, 1.54) is 23.4 Å². The van der Waals surface area contributed by atoms with Crippen LogP contribution in [0.25, 0.3) is 0 Å². The third-order valence-electron chi connectivity index (χ3n) is 6.46. The molecule has 2 aliphatic rings. The Bertz CT molecular complexity index is 967. The predicted molar refractivity (Wildman–Crippen MR) is 125 cm³/mol. The number of rotatable bonds is 7. The maximum atomic E-state index is 12.4. The number of amides is 3. The molecule has 0 spiro atoms. The lowest BCUT2D eigenvalue weighted by Crippen LogP contribution is -2.34. The lowest BCUT2D eigenvalue weighted by atomic mass is 9.99. The van der Waals surface area contributed by atoms with Crippen LogP contribution in [-0.4, -0.2) is 42.3 Å². The van der Waals surface area contributed by atoms with E-state index in [0.29, 0.717) is 17.5 Å². The van der Waals surface area contributed by atoms with E-state index in [1.54, 1.807) is 24.3 Å². The Morgan fingerprint density at radius 1 is 1.06 bits per heavy atom. The number of nitrogens with one attached hydrogen (secondary N) is 1. The van der Waals surface area contributed by atoms with Crippen LogP contribution in [0.3, 0.4) is 0 Å². The molecule has 0 aromatic heterocycles. The van der Waals surface area contributed by atoms with Crippen molar-refractivity contribution in [3.63, 3.8) is 0 Å². The molecule has 0 radical (unpaired) electrons. The van der Waals surface area contributed by atoms with Crippen LogP contribution in [0.5, 0.6) is 0 Å². The average molecular weight is 434 g/mol. The summed E-state index contributed by atoms with van der Waals surface area (Å²) in [5, 5.41) is 3.03. The molecule has 2 aliphatic heterocycles. The van der Waals surface area contributed by atoms with E-state index in [2.05, 4.69) is 41.4 Å². The van der Waals surface area contributed by atoms with Crippen molar-refractivity contribution in [2.75, 3.05) is 24.5 Å². The number of anilines is 1. The monoisotopic (exact) mass is 433 g/mol. The highest BCUT2D eigenvalue weighted by Gasteiger charge is 2.34. The second kappa shape index (κ2) is 9.55. The first kappa shape index (κ1) is 22.1. The second-order valence-electron chi connectivity index (χ2n) is 8.99. The normalized spacial score (nSPS) is 19.1. The molecule has 1 fully saturated rings. The van der Waals surface area contributed by atoms with Gasteiger partial charge in [0, 0.05) is 31.7 Å². The van der Waals surface area contributed by atoms with Gasteiger partial charge in [-0.25, -0.2) is 0 Å². The van der Waals surface area contributed by atoms with E-state index in [0.717, 1.165) is 24.6 Å². The summed E-state index contributed by atoms with van der Waals surface area (Å²) in [7, 11) is 0. The molecule has 6 heteroatoms. The summed E-state index contributed by atoms with van der Waals surface area (Å²) in [5.74, 6) is 0.0927. The topological polar surface area (TPSA) is 69.7 Å². The number of carbonyl (C=O) groups excluding carboxylic acids is 3. The molecule has 168 valence electrons. The Kier molecular flexibility index (Phi) is 6.58. The quantitative estimate of drug-likeness (QED) is 0.665. The highest BCUT2D eigenvalue weighted by atomic mass is 16.2. The van der Waals surface area contributed by atoms with Gasteiger partial charge in [-0.05, 0) is 61.9 Å². The van der Waals surface area contributed by atoms with E-state index in [1.807, 2.05) is 6.92 Å². The van der Waals surface area contributed by atoms with Crippen LogP contribution >= 0.6 is 0 Å². The van der Waals surface area contributed by atoms with Crippen molar-refractivity contribution in [2.24, 2.45) is 5.92 Å². The first-order valence-electron chi connectivity index (χ1n) is 11.5. The SMILES string of the molecule is C[C@@H]1CCCN(c2ccc([C@@H](C)NC(=O)CCCN3C(=O)c4ccccc4C3=O)cc2)C1. The third-order valence-corrected chi connectivity index (χ3v) is 6.46. The minimum atomic E-state index is -0.275. The Morgan fingerprint density at radius 2 is 1.72 bits per heavy atom. The van der Waals surface area contributed by atoms with Gasteiger partial charge in [-0.1, -0.05) is 31.2 Å². The third kappa shape index (κ3) is 4.69. The van der Waals surface area contributed by atoms with Gasteiger partial charge in [-0.3, -0.25) is 19.3 Å². The van der Waals surface area contributed by atoms with Gasteiger partial charge < -0.3 is 10.2 Å². The molecule has 4 rings (SSSR count). The fourth-order valence-electron chi connectivity index (χ4n) is 4.63. The summed E-state index contributed by atoms with van der Waals surface area (Å²) in [6.45, 7) is 6.71. The second-order valence-corrected chi connectivity index (χ2v) is 8.99. The van der Waals surface area contributed by atoms with Crippen LogP contribution in [-0.2, 0) is 4.79 Å². The van der Waals surface area contributed by atoms with Gasteiger partial charge in [0.2, 0.25) is 5.91 Å². The predicted octanol–water partition coefficient (Wildman–Crippen LogP) is 4.18. The minimum absolute atomic E-state index is 0.0805. The van der Waals surface area contributed by atoms with Gasteiger partial charge in [-0.2, -0.15) is 0 Å². The molecule has 2 aromatic carbocycles. The summed E-state index contributed by atoms with van der Waals surface area (Å²) in [6, 6.07) is 15.2. The number of imide groups is 1. The van der Waals surface area contributed by atoms with Crippen LogP contribution < -0.4 is 10.2 Å². The van der Waals surface area contributed by atoms with Crippen molar-refractivity contribution in [2.45, 2.75) is 45.6 Å². The molecule has 0 bridgehead atoms. The Balaban J connectivity index is 1.25. The number of hydrogen-bond donors (Lipinski definition) is 1. The summed E-state index contributed by atoms with van der Waals surface area (Å²) >= 11 is 0. The molecule has 32 heavy (non-hydrogen) atoms. The first-order chi connectivity index (χ1) is 15.4. The largest absolute Gasteiger partial charge is 0.371 e. The summed E-state index contributed by atoms with van der Waals surface area (Å²) in [4.78, 5) is 40.9. The van der Waals surface area contributed by atoms with E-state index < -0.39 is 0 Å². The van der Waals surface area contributed by atoms with Gasteiger partial charge >= 0.3 is 0 Å². The highest BCUT2D eigenvalue weighted by molar-refractivity contribution is 6.21. The zero-order valence-corrected chi connectivity index (χ0v) is 18.8. The van der Waals surface area contributed by atoms with Gasteiger partial charge in [0.25, 0.3) is 11.8 Å². The van der Waals surface area contributed by atoms with Crippen molar-refractivity contribution in [3.8, 4) is 0 Å². The average Bonchev–Trinajstić information content (AvgIpc) is 3.04. The van der Waals surface area contributed by atoms with Crippen molar-refractivity contribution >= 4 is 23.4 Å². The van der Waals surface area contributed by atoms with Gasteiger partial charge in [0.15, 0.2) is 0 Å². The molecule has 3 amide bonds. The van der Waals surface area contributed by atoms with Crippen LogP contribution in [0.2, 0.25) is 0 Å². The molecule has 0 aliphatic carbocycles. The van der Waals surface area contributed by atoms with Crippen LogP contribution in [0.1, 0.15) is 71.9 Å². The van der Waals surface area contributed by atoms with E-state index in [9.17, 15) is 14.4 Å². The Morgan fingerprint density at radius 3 is 2.34 bits per heavy atom. The maximum absolute atomic E-state index is 12.4. The van der Waals surface area contributed by atoms with Gasteiger partial charge in [-0.15, -0.1) is 0 Å². The van der Waals surface area contributed by atoms with E-state index in [4.69, 9.17) is 0 Å². The molecule has 1 saturated heterocycles. The Labute approximate surface area is 189 Å². The summed E-state index contributed by atoms with van der Waals surface area (Å²) < 4.78 is 0. The van der Waals surface area contributed by atoms with Crippen LogP contribution in [0.15, 0.2) is 48.5 Å². The zero-order chi connectivity index (χ0) is 22.7. The smallest absolute Gasteiger partial charge is 0.261 e. The number of carbonyl (C=O) groups is 3. The van der Waals surface area contributed by atoms with Crippen LogP contribution in [0, 0.1) is 5.92 Å². The standard InChI is InChI=1S/C26H31N3O3/c1-18-7-5-15-28(17-18)21-13-11-20(12-14-21)19(2)27-24(30)10-6-16-29-25(31)22-8-3-4-9-23(22)26(29)32/h3-4,8-9,11-14,18-19H,5-7,10,15-17H2,1-2H3,(H,27,30)/t18-,19-/m1/s1. The molecule has 2 heterocycles. The molecule has 2 atom stereocenters. The van der Waals surface area contributed by atoms with Crippen molar-refractivity contribution < 1.29 is 14.4 Å². The van der Waals surface area contributed by atoms with Crippen molar-refractivity contribution in [3.05, 3.63) is 65.2 Å². The first-order valence-corrected chi connectivity index (χ1v) is 11.5. The fourth-order valence-corrected chi connectivity index (χ4v) is 4.63. The van der Waals surface area contributed by atoms with Crippen LogP contribution in [0.4, 0.5) is 5.69 Å². The number of piperidine rings is 1. The van der Waals surface area contributed by atoms with E-state index in [-0.39, 0.29) is 36.7 Å². The lowest BCUT2D eigenvalue weighted by Gasteiger charge is -2.33. The zero-order valence-electron chi connectivity index (χ0n) is 18.8. The van der Waals surface area contributed by atoms with Gasteiger partial charge in [0.05, 0.1) is 17.2 Å². The number of benzene rings is 2. The van der Waals surface area contributed by atoms with Crippen molar-refractivity contribution in [1.82, 2.24) is 10.2 Å². The molecular formula is C26H31N3O3. The number of nitrogens with zero attached hydrogens (tertiary/aromatic N) is 2. The minimum Gasteiger partial charge on any atom is -0.371 e. The lowest BCUT2D eigenvalue weighted by molar-refractivity contribution is -0.121. The molecule has 1 N–H and O–H groups in total. The van der Waals surface area contributed by atoms with Crippen molar-refractivity contribution in [1.29, 1.82) is 0 Å². The molecule has 0 saturated carbocycles. The number of fused-ring (bicyclic) bond motifs is 1. The molecule has 6 nitrogen and oxygen atoms in total. The fraction of sp³-hybridized carbons (Fsp3) is 0.423. The summed E-state index contributed by atoms with van der Waals surface area (Å²) in [5.41, 5.74) is 3.18. The van der Waals surface area contributed by atoms with E-state index >= 15 is 0 Å². The number of hydrogen-bond acceptors (Lipinski definition) is 4. The summed E-state index contributed by atoms with van der Waals surface area (Å²) in [6.07, 6.45) is 3.23. The highest BCUT2D eigenvalue weighted by Crippen LogP contribution is 2.25.